The van der Waals surface area contributed by atoms with Gasteiger partial charge in [-0.25, -0.2) is 4.79 Å². The van der Waals surface area contributed by atoms with Crippen LogP contribution in [0.3, 0.4) is 0 Å². The molecule has 0 aromatic rings. The molecule has 8 heteroatoms. The Balaban J connectivity index is 4.04. The zero-order valence-electron chi connectivity index (χ0n) is 8.00. The highest BCUT2D eigenvalue weighted by molar-refractivity contribution is 7.10. The Morgan fingerprint density at radius 2 is 2.00 bits per heavy atom. The van der Waals surface area contributed by atoms with Gasteiger partial charge in [0, 0.05) is 0 Å². The third kappa shape index (κ3) is 5.29. The van der Waals surface area contributed by atoms with E-state index in [-0.39, 0.29) is 0 Å². The van der Waals surface area contributed by atoms with Crippen LogP contribution < -0.4 is 5.73 Å². The van der Waals surface area contributed by atoms with Crippen molar-refractivity contribution in [3.05, 3.63) is 0 Å². The van der Waals surface area contributed by atoms with E-state index >= 15 is 0 Å². The van der Waals surface area contributed by atoms with Crippen LogP contribution in [-0.2, 0) is 23.6 Å². The standard InChI is InChI=1S/C7H12NO6P/c1-3(7(12)14-15)13-5(9)2-4(8)6(10)11/h3-4H,2,8,15H2,1H3,(H,10,11)/t3-,4-/m0/s1. The first kappa shape index (κ1) is 13.8. The van der Waals surface area contributed by atoms with Crippen molar-refractivity contribution in [2.45, 2.75) is 25.5 Å². The van der Waals surface area contributed by atoms with Crippen LogP contribution in [-0.4, -0.2) is 35.2 Å². The molecule has 0 rings (SSSR count). The third-order valence-electron chi connectivity index (χ3n) is 1.46. The van der Waals surface area contributed by atoms with Crippen LogP contribution in [0.4, 0.5) is 0 Å². The van der Waals surface area contributed by atoms with Gasteiger partial charge in [0.2, 0.25) is 0 Å². The predicted octanol–water partition coefficient (Wildman–Crippen LogP) is -0.947. The Morgan fingerprint density at radius 1 is 1.47 bits per heavy atom. The van der Waals surface area contributed by atoms with Crippen LogP contribution in [0.15, 0.2) is 0 Å². The Morgan fingerprint density at radius 3 is 2.40 bits per heavy atom. The smallest absolute Gasteiger partial charge is 0.349 e. The van der Waals surface area contributed by atoms with Gasteiger partial charge in [0.15, 0.2) is 6.10 Å². The molecule has 3 atom stereocenters. The third-order valence-corrected chi connectivity index (χ3v) is 1.69. The molecular formula is C7H12NO6P. The second-order valence-electron chi connectivity index (χ2n) is 2.72. The molecular weight excluding hydrogens is 225 g/mol. The SMILES string of the molecule is C[C@H](OC(=O)C[C@H](N)C(=O)O)C(=O)OP. The number of esters is 1. The van der Waals surface area contributed by atoms with Gasteiger partial charge in [-0.1, -0.05) is 0 Å². The van der Waals surface area contributed by atoms with Crippen molar-refractivity contribution in [1.82, 2.24) is 0 Å². The van der Waals surface area contributed by atoms with Crippen molar-refractivity contribution >= 4 is 27.4 Å². The van der Waals surface area contributed by atoms with Crippen LogP contribution >= 0.6 is 9.47 Å². The van der Waals surface area contributed by atoms with Crippen molar-refractivity contribution < 1.29 is 28.8 Å². The lowest BCUT2D eigenvalue weighted by molar-refractivity contribution is -0.161. The number of aliphatic carboxylic acids is 1. The van der Waals surface area contributed by atoms with Crippen molar-refractivity contribution in [3.63, 3.8) is 0 Å². The molecule has 0 aromatic heterocycles. The number of hydrogen-bond acceptors (Lipinski definition) is 6. The summed E-state index contributed by atoms with van der Waals surface area (Å²) >= 11 is 0. The largest absolute Gasteiger partial charge is 0.480 e. The Bertz CT molecular complexity index is 268. The maximum atomic E-state index is 11.0. The number of carbonyl (C=O) groups excluding carboxylic acids is 2. The minimum atomic E-state index is -1.34. The Kier molecular flexibility index (Phi) is 5.81. The average Bonchev–Trinajstić information content (AvgIpc) is 2.15. The van der Waals surface area contributed by atoms with Crippen LogP contribution in [0, 0.1) is 0 Å². The first-order chi connectivity index (χ1) is 6.88. The van der Waals surface area contributed by atoms with Gasteiger partial charge >= 0.3 is 17.9 Å². The molecule has 0 radical (unpaired) electrons. The van der Waals surface area contributed by atoms with Gasteiger partial charge in [-0.05, 0) is 6.92 Å². The van der Waals surface area contributed by atoms with Crippen molar-refractivity contribution in [2.75, 3.05) is 0 Å². The fourth-order valence-corrected chi connectivity index (χ4v) is 0.848. The van der Waals surface area contributed by atoms with Crippen molar-refractivity contribution in [3.8, 4) is 0 Å². The van der Waals surface area contributed by atoms with Crippen LogP contribution in [0.5, 0.6) is 0 Å². The van der Waals surface area contributed by atoms with Crippen LogP contribution in [0.1, 0.15) is 13.3 Å². The van der Waals surface area contributed by atoms with Gasteiger partial charge in [-0.2, -0.15) is 0 Å². The summed E-state index contributed by atoms with van der Waals surface area (Å²) in [5, 5.41) is 8.39. The van der Waals surface area contributed by atoms with Crippen LogP contribution in [0.2, 0.25) is 0 Å². The predicted molar refractivity (Wildman–Crippen MR) is 51.6 cm³/mol. The summed E-state index contributed by atoms with van der Waals surface area (Å²) in [5.74, 6) is -2.93. The lowest BCUT2D eigenvalue weighted by atomic mass is 10.2. The molecule has 0 heterocycles. The van der Waals surface area contributed by atoms with Crippen molar-refractivity contribution in [1.29, 1.82) is 0 Å². The molecule has 86 valence electrons. The maximum Gasteiger partial charge on any atom is 0.349 e. The highest BCUT2D eigenvalue weighted by atomic mass is 31.0. The van der Waals surface area contributed by atoms with Gasteiger partial charge in [0.05, 0.1) is 15.9 Å². The summed E-state index contributed by atoms with van der Waals surface area (Å²) in [4.78, 5) is 32.1. The number of hydrogen-bond donors (Lipinski definition) is 2. The maximum absolute atomic E-state index is 11.0. The zero-order valence-corrected chi connectivity index (χ0v) is 9.16. The first-order valence-electron chi connectivity index (χ1n) is 3.97. The highest BCUT2D eigenvalue weighted by Gasteiger charge is 2.22. The van der Waals surface area contributed by atoms with Crippen molar-refractivity contribution in [2.24, 2.45) is 5.73 Å². The normalized spacial score (nSPS) is 13.8. The fraction of sp³-hybridized carbons (Fsp3) is 0.571. The molecule has 0 aromatic carbocycles. The van der Waals surface area contributed by atoms with E-state index in [0.29, 0.717) is 0 Å². The summed E-state index contributed by atoms with van der Waals surface area (Å²) in [6.07, 6.45) is -1.58. The first-order valence-corrected chi connectivity index (χ1v) is 4.44. The monoisotopic (exact) mass is 237 g/mol. The lowest BCUT2D eigenvalue weighted by Gasteiger charge is -2.11. The summed E-state index contributed by atoms with van der Waals surface area (Å²) in [6.45, 7) is 1.30. The van der Waals surface area contributed by atoms with E-state index in [0.717, 1.165) is 0 Å². The number of carboxylic acid groups (broad SMARTS) is 1. The van der Waals surface area contributed by atoms with Gasteiger partial charge in [-0.15, -0.1) is 0 Å². The molecule has 0 aliphatic carbocycles. The molecule has 0 aliphatic heterocycles. The summed E-state index contributed by atoms with van der Waals surface area (Å²) in [7, 11) is 1.71. The minimum absolute atomic E-state index is 0.496. The number of rotatable bonds is 5. The van der Waals surface area contributed by atoms with Crippen LogP contribution in [0.25, 0.3) is 0 Å². The topological polar surface area (TPSA) is 116 Å². The minimum Gasteiger partial charge on any atom is -0.480 e. The van der Waals surface area contributed by atoms with E-state index in [2.05, 4.69) is 9.26 Å². The van der Waals surface area contributed by atoms with Gasteiger partial charge < -0.3 is 20.1 Å². The second kappa shape index (κ2) is 6.31. The number of nitrogens with two attached hydrogens (primary N) is 1. The average molecular weight is 237 g/mol. The molecule has 0 spiro atoms. The van der Waals surface area contributed by atoms with E-state index in [4.69, 9.17) is 10.8 Å². The summed E-state index contributed by atoms with van der Waals surface area (Å²) in [5.41, 5.74) is 5.08. The lowest BCUT2D eigenvalue weighted by Crippen LogP contribution is -2.35. The zero-order chi connectivity index (χ0) is 12.0. The summed E-state index contributed by atoms with van der Waals surface area (Å²) < 4.78 is 8.77. The van der Waals surface area contributed by atoms with E-state index in [1.165, 1.54) is 6.92 Å². The molecule has 1 unspecified atom stereocenters. The second-order valence-corrected chi connectivity index (χ2v) is 2.95. The number of ether oxygens (including phenoxy) is 1. The molecule has 0 bridgehead atoms. The van der Waals surface area contributed by atoms with Gasteiger partial charge in [-0.3, -0.25) is 9.59 Å². The van der Waals surface area contributed by atoms with E-state index in [9.17, 15) is 14.4 Å². The van der Waals surface area contributed by atoms with E-state index < -0.39 is 36.5 Å². The molecule has 15 heavy (non-hydrogen) atoms. The quantitative estimate of drug-likeness (QED) is 0.467. The van der Waals surface area contributed by atoms with Gasteiger partial charge in [0.25, 0.3) is 0 Å². The fourth-order valence-electron chi connectivity index (χ4n) is 0.656. The molecule has 0 aliphatic rings. The molecule has 0 amide bonds. The molecule has 0 fully saturated rings. The molecule has 3 N–H and O–H groups in total. The van der Waals surface area contributed by atoms with E-state index in [1.54, 1.807) is 9.47 Å². The Labute approximate surface area is 88.2 Å². The number of carboxylic acids is 1. The van der Waals surface area contributed by atoms with Gasteiger partial charge in [0.1, 0.15) is 6.04 Å². The van der Waals surface area contributed by atoms with E-state index in [1.807, 2.05) is 0 Å². The molecule has 0 saturated carbocycles. The summed E-state index contributed by atoms with van der Waals surface area (Å²) in [6, 6.07) is -1.34. The molecule has 0 saturated heterocycles. The molecule has 7 nitrogen and oxygen atoms in total. The highest BCUT2D eigenvalue weighted by Crippen LogP contribution is 2.01. The number of carbonyl (C=O) groups is 3. The Hall–Kier alpha value is -1.20.